The van der Waals surface area contributed by atoms with Crippen LogP contribution in [0.25, 0.3) is 0 Å². The molecule has 5 nitrogen and oxygen atoms in total. The summed E-state index contributed by atoms with van der Waals surface area (Å²) in [5, 5.41) is 9.96. The van der Waals surface area contributed by atoms with Crippen molar-refractivity contribution in [1.29, 1.82) is 0 Å². The largest absolute Gasteiger partial charge is 0.477 e. The van der Waals surface area contributed by atoms with Crippen molar-refractivity contribution in [3.05, 3.63) is 62.9 Å². The van der Waals surface area contributed by atoms with Gasteiger partial charge in [-0.05, 0) is 35.7 Å². The first-order chi connectivity index (χ1) is 11.5. The number of hydrogen-bond donors (Lipinski definition) is 1. The van der Waals surface area contributed by atoms with Crippen LogP contribution in [0.1, 0.15) is 27.3 Å². The summed E-state index contributed by atoms with van der Waals surface area (Å²) in [5.41, 5.74) is 2.18. The van der Waals surface area contributed by atoms with E-state index in [1.165, 1.54) is 6.07 Å². The van der Waals surface area contributed by atoms with E-state index in [4.69, 9.17) is 28.3 Å². The lowest BCUT2D eigenvalue weighted by Crippen LogP contribution is -2.37. The minimum absolute atomic E-state index is 0.0165. The van der Waals surface area contributed by atoms with Gasteiger partial charge in [-0.2, -0.15) is 0 Å². The molecule has 0 radical (unpaired) electrons. The van der Waals surface area contributed by atoms with Gasteiger partial charge in [0.25, 0.3) is 0 Å². The van der Waals surface area contributed by atoms with E-state index in [-0.39, 0.29) is 24.6 Å². The van der Waals surface area contributed by atoms with Gasteiger partial charge in [0.15, 0.2) is 0 Å². The molecule has 7 heteroatoms. The van der Waals surface area contributed by atoms with Crippen LogP contribution in [0.4, 0.5) is 0 Å². The number of halogens is 2. The highest BCUT2D eigenvalue weighted by Gasteiger charge is 2.24. The summed E-state index contributed by atoms with van der Waals surface area (Å²) in [7, 11) is 0. The molecule has 3 rings (SSSR count). The van der Waals surface area contributed by atoms with E-state index < -0.39 is 5.97 Å². The summed E-state index contributed by atoms with van der Waals surface area (Å²) >= 11 is 12.2. The molecule has 0 saturated heterocycles. The summed E-state index contributed by atoms with van der Waals surface area (Å²) in [5.74, 6) is -1.19. The normalized spacial score (nSPS) is 13.5. The highest BCUT2D eigenvalue weighted by molar-refractivity contribution is 6.36. The predicted molar refractivity (Wildman–Crippen MR) is 90.5 cm³/mol. The van der Waals surface area contributed by atoms with Crippen molar-refractivity contribution in [1.82, 2.24) is 9.88 Å². The Morgan fingerprint density at radius 1 is 1.17 bits per heavy atom. The minimum atomic E-state index is -1.08. The van der Waals surface area contributed by atoms with Crippen LogP contribution in [0, 0.1) is 0 Å². The molecule has 1 aromatic heterocycles. The van der Waals surface area contributed by atoms with E-state index >= 15 is 0 Å². The van der Waals surface area contributed by atoms with Gasteiger partial charge in [0.1, 0.15) is 5.69 Å². The maximum absolute atomic E-state index is 12.6. The molecule has 24 heavy (non-hydrogen) atoms. The second kappa shape index (κ2) is 6.79. The molecule has 0 spiro atoms. The van der Waals surface area contributed by atoms with Gasteiger partial charge < -0.3 is 10.0 Å². The van der Waals surface area contributed by atoms with Crippen molar-refractivity contribution in [2.75, 3.05) is 6.54 Å². The molecule has 0 fully saturated rings. The van der Waals surface area contributed by atoms with Crippen molar-refractivity contribution >= 4 is 35.1 Å². The van der Waals surface area contributed by atoms with Gasteiger partial charge in [0.2, 0.25) is 5.91 Å². The van der Waals surface area contributed by atoms with Gasteiger partial charge in [-0.3, -0.25) is 4.79 Å². The summed E-state index contributed by atoms with van der Waals surface area (Å²) < 4.78 is 0. The molecule has 1 amide bonds. The Kier molecular flexibility index (Phi) is 4.73. The maximum Gasteiger partial charge on any atom is 0.354 e. The summed E-state index contributed by atoms with van der Waals surface area (Å²) in [6.07, 6.45) is 0.747. The molecular weight excluding hydrogens is 351 g/mol. The highest BCUT2D eigenvalue weighted by atomic mass is 35.5. The van der Waals surface area contributed by atoms with Crippen LogP contribution in [0.15, 0.2) is 30.3 Å². The number of nitrogens with zero attached hydrogens (tertiary/aromatic N) is 2. The van der Waals surface area contributed by atoms with E-state index in [9.17, 15) is 9.59 Å². The van der Waals surface area contributed by atoms with Gasteiger partial charge in [-0.15, -0.1) is 0 Å². The van der Waals surface area contributed by atoms with Gasteiger partial charge in [-0.1, -0.05) is 35.3 Å². The number of fused-ring (bicyclic) bond motifs is 1. The molecule has 1 aromatic carbocycles. The van der Waals surface area contributed by atoms with Gasteiger partial charge in [-0.25, -0.2) is 9.78 Å². The smallest absolute Gasteiger partial charge is 0.354 e. The monoisotopic (exact) mass is 364 g/mol. The van der Waals surface area contributed by atoms with E-state index in [1.54, 1.807) is 29.2 Å². The van der Waals surface area contributed by atoms with Crippen LogP contribution < -0.4 is 0 Å². The molecular formula is C17H14Cl2N2O3. The Bertz CT molecular complexity index is 803. The Morgan fingerprint density at radius 2 is 1.88 bits per heavy atom. The lowest BCUT2D eigenvalue weighted by atomic mass is 10.0. The van der Waals surface area contributed by atoms with Gasteiger partial charge in [0.05, 0.1) is 18.7 Å². The number of hydrogen-bond acceptors (Lipinski definition) is 3. The summed E-state index contributed by atoms with van der Waals surface area (Å²) in [4.78, 5) is 29.4. The first-order valence-electron chi connectivity index (χ1n) is 7.38. The Labute approximate surface area is 148 Å². The van der Waals surface area contributed by atoms with Gasteiger partial charge >= 0.3 is 5.97 Å². The lowest BCUT2D eigenvalue weighted by Gasteiger charge is -2.28. The average Bonchev–Trinajstić information content (AvgIpc) is 2.57. The number of amides is 1. The Morgan fingerprint density at radius 3 is 2.54 bits per heavy atom. The fourth-order valence-electron chi connectivity index (χ4n) is 2.71. The van der Waals surface area contributed by atoms with Gasteiger partial charge in [0, 0.05) is 16.6 Å². The summed E-state index contributed by atoms with van der Waals surface area (Å²) in [6, 6.07) is 8.37. The fourth-order valence-corrected chi connectivity index (χ4v) is 3.24. The fraction of sp³-hybridized carbons (Fsp3) is 0.235. The number of pyridine rings is 1. The minimum Gasteiger partial charge on any atom is -0.477 e. The SMILES string of the molecule is O=C(O)c1ccc2c(n1)CN(C(=O)Cc1c(Cl)cccc1Cl)CC2. The topological polar surface area (TPSA) is 70.5 Å². The quantitative estimate of drug-likeness (QED) is 0.907. The molecule has 1 aliphatic heterocycles. The van der Waals surface area contributed by atoms with Crippen molar-refractivity contribution in [2.45, 2.75) is 19.4 Å². The first-order valence-corrected chi connectivity index (χ1v) is 8.14. The number of rotatable bonds is 3. The molecule has 2 heterocycles. The predicted octanol–water partition coefficient (Wildman–Crippen LogP) is 3.21. The number of benzene rings is 1. The lowest BCUT2D eigenvalue weighted by molar-refractivity contribution is -0.131. The third-order valence-electron chi connectivity index (χ3n) is 4.02. The molecule has 1 N–H and O–H groups in total. The third kappa shape index (κ3) is 3.37. The number of carboxylic acids is 1. The molecule has 1 aliphatic rings. The van der Waals surface area contributed by atoms with Crippen LogP contribution in [0.2, 0.25) is 10.0 Å². The number of aromatic carboxylic acids is 1. The molecule has 0 aliphatic carbocycles. The van der Waals surface area contributed by atoms with Crippen LogP contribution in [-0.2, 0) is 24.2 Å². The van der Waals surface area contributed by atoms with Crippen LogP contribution in [-0.4, -0.2) is 33.4 Å². The maximum atomic E-state index is 12.6. The Balaban J connectivity index is 1.78. The van der Waals surface area contributed by atoms with Crippen LogP contribution >= 0.6 is 23.2 Å². The standard InChI is InChI=1S/C17H14Cl2N2O3/c18-12-2-1-3-13(19)11(12)8-16(22)21-7-6-10-4-5-14(17(23)24)20-15(10)9-21/h1-5H,6-9H2,(H,23,24). The second-order valence-electron chi connectivity index (χ2n) is 5.55. The molecule has 0 saturated carbocycles. The third-order valence-corrected chi connectivity index (χ3v) is 4.73. The number of aromatic nitrogens is 1. The molecule has 124 valence electrons. The molecule has 0 bridgehead atoms. The first kappa shape index (κ1) is 16.7. The van der Waals surface area contributed by atoms with E-state index in [2.05, 4.69) is 4.98 Å². The van der Waals surface area contributed by atoms with Crippen molar-refractivity contribution < 1.29 is 14.7 Å². The number of carboxylic acid groups (broad SMARTS) is 1. The average molecular weight is 365 g/mol. The molecule has 2 aromatic rings. The Hall–Kier alpha value is -2.11. The zero-order chi connectivity index (χ0) is 17.3. The van der Waals surface area contributed by atoms with Crippen LogP contribution in [0.5, 0.6) is 0 Å². The zero-order valence-corrected chi connectivity index (χ0v) is 14.1. The highest BCUT2D eigenvalue weighted by Crippen LogP contribution is 2.26. The van der Waals surface area contributed by atoms with E-state index in [0.29, 0.717) is 34.3 Å². The van der Waals surface area contributed by atoms with E-state index in [0.717, 1.165) is 5.56 Å². The second-order valence-corrected chi connectivity index (χ2v) is 6.36. The van der Waals surface area contributed by atoms with Crippen molar-refractivity contribution in [3.63, 3.8) is 0 Å². The van der Waals surface area contributed by atoms with Crippen molar-refractivity contribution in [2.24, 2.45) is 0 Å². The molecule has 0 unspecified atom stereocenters. The van der Waals surface area contributed by atoms with Crippen LogP contribution in [0.3, 0.4) is 0 Å². The van der Waals surface area contributed by atoms with E-state index in [1.807, 2.05) is 0 Å². The number of carbonyl (C=O) groups excluding carboxylic acids is 1. The zero-order valence-electron chi connectivity index (χ0n) is 12.6. The number of carbonyl (C=O) groups is 2. The summed E-state index contributed by atoms with van der Waals surface area (Å²) in [6.45, 7) is 0.847. The molecule has 0 atom stereocenters. The van der Waals surface area contributed by atoms with Crippen molar-refractivity contribution in [3.8, 4) is 0 Å².